The maximum absolute atomic E-state index is 15.2. The molecule has 2 aromatic rings. The van der Waals surface area contributed by atoms with Crippen molar-refractivity contribution in [1.82, 2.24) is 4.98 Å². The Morgan fingerprint density at radius 2 is 2.10 bits per heavy atom. The SMILES string of the molecule is CC#CC(=O)[NH+]=CC1CC[C@H](c2c(F)cc(C(N)=O)c3[nH]c(C)c(C)c23)C(=S)C1. The first kappa shape index (κ1) is 20.9. The number of aromatic amines is 1. The molecule has 0 aliphatic heterocycles. The summed E-state index contributed by atoms with van der Waals surface area (Å²) in [5, 5.41) is 0.692. The van der Waals surface area contributed by atoms with Gasteiger partial charge in [0.2, 0.25) is 0 Å². The molecule has 0 saturated heterocycles. The topological polar surface area (TPSA) is 89.9 Å². The third-order valence-electron chi connectivity index (χ3n) is 5.55. The molecule has 1 saturated carbocycles. The average molecular weight is 413 g/mol. The molecule has 1 aromatic heterocycles. The first-order valence-electron chi connectivity index (χ1n) is 9.45. The fourth-order valence-electron chi connectivity index (χ4n) is 4.02. The van der Waals surface area contributed by atoms with Crippen molar-refractivity contribution in [2.24, 2.45) is 11.7 Å². The number of nitrogens with two attached hydrogens (primary N) is 1. The highest BCUT2D eigenvalue weighted by Gasteiger charge is 2.32. The van der Waals surface area contributed by atoms with Gasteiger partial charge in [-0.05, 0) is 51.7 Å². The standard InChI is InChI=1S/C22H22FN3O2S/c1-4-5-18(27)25-10-13-6-7-14(17(29)8-13)20-16(23)9-15(22(24)28)21-19(20)11(2)12(3)26-21/h9-10,13-14,26H,6-8H2,1-3H3,(H2,24,28)/p+1/t13?,14-/m0/s1. The molecule has 4 N–H and O–H groups in total. The van der Waals surface area contributed by atoms with Gasteiger partial charge in [-0.25, -0.2) is 9.18 Å². The Bertz CT molecular complexity index is 1120. The molecule has 0 radical (unpaired) electrons. The molecule has 29 heavy (non-hydrogen) atoms. The minimum absolute atomic E-state index is 0.0823. The van der Waals surface area contributed by atoms with Crippen molar-refractivity contribution < 1.29 is 19.0 Å². The molecular weight excluding hydrogens is 389 g/mol. The van der Waals surface area contributed by atoms with Gasteiger partial charge in [0.25, 0.3) is 5.91 Å². The molecule has 5 nitrogen and oxygen atoms in total. The molecule has 1 aliphatic rings. The van der Waals surface area contributed by atoms with Gasteiger partial charge >= 0.3 is 5.91 Å². The van der Waals surface area contributed by atoms with Gasteiger partial charge in [-0.15, -0.1) is 0 Å². The first-order chi connectivity index (χ1) is 13.7. The number of fused-ring (bicyclic) bond motifs is 1. The normalized spacial score (nSPS) is 19.4. The highest BCUT2D eigenvalue weighted by atomic mass is 32.1. The molecular formula is C22H23FN3O2S+. The van der Waals surface area contributed by atoms with Crippen LogP contribution in [0.1, 0.15) is 59.3 Å². The van der Waals surface area contributed by atoms with Crippen LogP contribution in [0.4, 0.5) is 4.39 Å². The zero-order valence-corrected chi connectivity index (χ0v) is 17.4. The lowest BCUT2D eigenvalue weighted by atomic mass is 9.77. The average Bonchev–Trinajstić information content (AvgIpc) is 2.95. The van der Waals surface area contributed by atoms with Gasteiger partial charge in [-0.3, -0.25) is 4.79 Å². The Labute approximate surface area is 174 Å². The van der Waals surface area contributed by atoms with E-state index in [-0.39, 0.29) is 23.3 Å². The van der Waals surface area contributed by atoms with Crippen molar-refractivity contribution in [2.75, 3.05) is 0 Å². The van der Waals surface area contributed by atoms with Crippen molar-refractivity contribution in [3.63, 3.8) is 0 Å². The van der Waals surface area contributed by atoms with Crippen LogP contribution in [0.25, 0.3) is 10.9 Å². The van der Waals surface area contributed by atoms with Gasteiger partial charge in [-0.1, -0.05) is 18.1 Å². The van der Waals surface area contributed by atoms with Crippen LogP contribution in [0, 0.1) is 37.4 Å². The third-order valence-corrected chi connectivity index (χ3v) is 6.00. The van der Waals surface area contributed by atoms with E-state index in [1.54, 1.807) is 13.1 Å². The van der Waals surface area contributed by atoms with Crippen molar-refractivity contribution in [3.8, 4) is 11.8 Å². The van der Waals surface area contributed by atoms with Crippen molar-refractivity contribution in [1.29, 1.82) is 0 Å². The fourth-order valence-corrected chi connectivity index (χ4v) is 4.47. The van der Waals surface area contributed by atoms with Crippen LogP contribution in [-0.4, -0.2) is 27.9 Å². The highest BCUT2D eigenvalue weighted by molar-refractivity contribution is 7.80. The van der Waals surface area contributed by atoms with E-state index in [0.717, 1.165) is 22.5 Å². The molecule has 0 spiro atoms. The number of aryl methyl sites for hydroxylation is 2. The quantitative estimate of drug-likeness (QED) is 0.409. The number of hydrogen-bond donors (Lipinski definition) is 3. The van der Waals surface area contributed by atoms with Crippen LogP contribution >= 0.6 is 12.2 Å². The molecule has 7 heteroatoms. The number of carbonyl (C=O) groups excluding carboxylic acids is 2. The second-order valence-electron chi connectivity index (χ2n) is 7.38. The van der Waals surface area contributed by atoms with Crippen LogP contribution in [0.2, 0.25) is 0 Å². The minimum Gasteiger partial charge on any atom is -0.366 e. The smallest absolute Gasteiger partial charge is 0.366 e. The Balaban J connectivity index is 1.98. The number of halogens is 1. The summed E-state index contributed by atoms with van der Waals surface area (Å²) in [5.74, 6) is 3.33. The van der Waals surface area contributed by atoms with E-state index in [0.29, 0.717) is 29.3 Å². The van der Waals surface area contributed by atoms with Crippen molar-refractivity contribution in [3.05, 3.63) is 34.3 Å². The molecule has 3 rings (SSSR count). The number of amides is 2. The van der Waals surface area contributed by atoms with Gasteiger partial charge in [0.05, 0.1) is 11.1 Å². The number of H-pyrrole nitrogens is 1. The van der Waals surface area contributed by atoms with Crippen LogP contribution in [0.15, 0.2) is 6.07 Å². The minimum atomic E-state index is -0.673. The van der Waals surface area contributed by atoms with Crippen molar-refractivity contribution in [2.45, 2.75) is 46.0 Å². The van der Waals surface area contributed by atoms with E-state index in [1.807, 2.05) is 13.8 Å². The molecule has 1 unspecified atom stereocenters. The number of aromatic nitrogens is 1. The summed E-state index contributed by atoms with van der Waals surface area (Å²) in [6.07, 6.45) is 3.70. The molecule has 1 heterocycles. The Hall–Kier alpha value is -2.85. The number of benzene rings is 1. The van der Waals surface area contributed by atoms with Crippen LogP contribution in [-0.2, 0) is 4.79 Å². The van der Waals surface area contributed by atoms with Crippen LogP contribution in [0.5, 0.6) is 0 Å². The number of primary amides is 1. The van der Waals surface area contributed by atoms with E-state index >= 15 is 4.39 Å². The Morgan fingerprint density at radius 3 is 2.72 bits per heavy atom. The monoisotopic (exact) mass is 412 g/mol. The number of rotatable bonds is 3. The largest absolute Gasteiger partial charge is 0.463 e. The third kappa shape index (κ3) is 3.99. The molecule has 1 fully saturated rings. The predicted molar refractivity (Wildman–Crippen MR) is 114 cm³/mol. The van der Waals surface area contributed by atoms with E-state index in [1.165, 1.54) is 6.07 Å². The summed E-state index contributed by atoms with van der Waals surface area (Å²) >= 11 is 5.65. The van der Waals surface area contributed by atoms with Gasteiger partial charge < -0.3 is 10.7 Å². The summed E-state index contributed by atoms with van der Waals surface area (Å²) in [5.41, 5.74) is 8.44. The van der Waals surface area contributed by atoms with E-state index < -0.39 is 11.7 Å². The second kappa shape index (κ2) is 8.26. The molecule has 0 bridgehead atoms. The highest BCUT2D eigenvalue weighted by Crippen LogP contribution is 2.40. The lowest BCUT2D eigenvalue weighted by molar-refractivity contribution is -0.367. The van der Waals surface area contributed by atoms with Gasteiger partial charge in [0.1, 0.15) is 5.82 Å². The van der Waals surface area contributed by atoms with Gasteiger partial charge in [0.15, 0.2) is 6.21 Å². The van der Waals surface area contributed by atoms with Gasteiger partial charge in [0, 0.05) is 39.3 Å². The molecule has 150 valence electrons. The van der Waals surface area contributed by atoms with Crippen LogP contribution in [0.3, 0.4) is 0 Å². The van der Waals surface area contributed by atoms with E-state index in [9.17, 15) is 9.59 Å². The summed E-state index contributed by atoms with van der Waals surface area (Å²) in [7, 11) is 0. The summed E-state index contributed by atoms with van der Waals surface area (Å²) in [4.78, 5) is 29.9. The van der Waals surface area contributed by atoms with Gasteiger partial charge in [-0.2, -0.15) is 4.99 Å². The maximum atomic E-state index is 15.2. The zero-order valence-electron chi connectivity index (χ0n) is 16.6. The molecule has 1 aliphatic carbocycles. The van der Waals surface area contributed by atoms with E-state index in [4.69, 9.17) is 18.0 Å². The number of nitrogens with one attached hydrogen (secondary N) is 2. The first-order valence-corrected chi connectivity index (χ1v) is 9.85. The summed E-state index contributed by atoms with van der Waals surface area (Å²) in [6.45, 7) is 5.38. The molecule has 2 atom stereocenters. The molecule has 2 amide bonds. The maximum Gasteiger partial charge on any atom is 0.463 e. The Morgan fingerprint density at radius 1 is 1.38 bits per heavy atom. The van der Waals surface area contributed by atoms with E-state index in [2.05, 4.69) is 21.8 Å². The lowest BCUT2D eigenvalue weighted by Crippen LogP contribution is -2.74. The molecule has 1 aromatic carbocycles. The fraction of sp³-hybridized carbons (Fsp3) is 0.364. The summed E-state index contributed by atoms with van der Waals surface area (Å²) < 4.78 is 15.2. The predicted octanol–water partition coefficient (Wildman–Crippen LogP) is 1.98. The number of hydrogen-bond acceptors (Lipinski definition) is 3. The zero-order chi connectivity index (χ0) is 21.3. The summed E-state index contributed by atoms with van der Waals surface area (Å²) in [6, 6.07) is 1.21. The lowest BCUT2D eigenvalue weighted by Gasteiger charge is -2.28. The number of thiocarbonyl (C=S) groups is 1. The number of carbonyl (C=O) groups is 2. The van der Waals surface area contributed by atoms with Crippen LogP contribution < -0.4 is 10.7 Å². The van der Waals surface area contributed by atoms with Crippen molar-refractivity contribution >= 4 is 46.0 Å². The second-order valence-corrected chi connectivity index (χ2v) is 7.91. The Kier molecular flexibility index (Phi) is 5.94.